The van der Waals surface area contributed by atoms with E-state index in [2.05, 4.69) is 5.32 Å². The van der Waals surface area contributed by atoms with Crippen LogP contribution in [0.3, 0.4) is 0 Å². The summed E-state index contributed by atoms with van der Waals surface area (Å²) >= 11 is 0. The van der Waals surface area contributed by atoms with Gasteiger partial charge in [0.25, 0.3) is 0 Å². The maximum Gasteiger partial charge on any atom is 0.241 e. The molecule has 30 heavy (non-hydrogen) atoms. The van der Waals surface area contributed by atoms with Gasteiger partial charge in [-0.05, 0) is 50.6 Å². The summed E-state index contributed by atoms with van der Waals surface area (Å²) in [4.78, 5) is 12.9. The molecule has 7 nitrogen and oxygen atoms in total. The number of para-hydroxylation sites is 1. The van der Waals surface area contributed by atoms with Gasteiger partial charge < -0.3 is 14.8 Å². The summed E-state index contributed by atoms with van der Waals surface area (Å²) in [5.41, 5.74) is 1.60. The first-order valence-corrected chi connectivity index (χ1v) is 11.5. The fourth-order valence-corrected chi connectivity index (χ4v) is 4.60. The van der Waals surface area contributed by atoms with Crippen LogP contribution in [0.1, 0.15) is 37.4 Å². The second-order valence-electron chi connectivity index (χ2n) is 8.15. The monoisotopic (exact) mass is 432 g/mol. The summed E-state index contributed by atoms with van der Waals surface area (Å²) in [6.45, 7) is 5.42. The molecule has 0 aromatic heterocycles. The number of nitrogens with zero attached hydrogens (tertiary/aromatic N) is 1. The molecule has 3 rings (SSSR count). The lowest BCUT2D eigenvalue weighted by atomic mass is 9.89. The number of rotatable bonds is 6. The molecule has 8 heteroatoms. The maximum absolute atomic E-state index is 12.9. The molecular weight excluding hydrogens is 404 g/mol. The van der Waals surface area contributed by atoms with Crippen LogP contribution in [0.2, 0.25) is 0 Å². The summed E-state index contributed by atoms with van der Waals surface area (Å²) < 4.78 is 37.3. The van der Waals surface area contributed by atoms with Crippen molar-refractivity contribution in [2.24, 2.45) is 0 Å². The topological polar surface area (TPSA) is 84.9 Å². The molecule has 2 aromatic rings. The molecule has 1 aliphatic heterocycles. The highest BCUT2D eigenvalue weighted by molar-refractivity contribution is 7.92. The zero-order chi connectivity index (χ0) is 22.1. The number of ether oxygens (including phenoxy) is 2. The van der Waals surface area contributed by atoms with E-state index < -0.39 is 15.6 Å². The molecule has 1 N–H and O–H groups in total. The lowest BCUT2D eigenvalue weighted by Crippen LogP contribution is -2.45. The summed E-state index contributed by atoms with van der Waals surface area (Å²) in [7, 11) is -2.06. The first kappa shape index (κ1) is 22.0. The number of nitrogens with one attached hydrogen (secondary N) is 1. The minimum atomic E-state index is -3.64. The first-order valence-electron chi connectivity index (χ1n) is 9.70. The van der Waals surface area contributed by atoms with Crippen molar-refractivity contribution in [3.05, 3.63) is 53.6 Å². The van der Waals surface area contributed by atoms with Gasteiger partial charge in [0.2, 0.25) is 15.9 Å². The van der Waals surface area contributed by atoms with Crippen LogP contribution in [0.4, 0.5) is 5.69 Å². The zero-order valence-corrected chi connectivity index (χ0v) is 18.7. The second kappa shape index (κ2) is 8.18. The number of amides is 1. The van der Waals surface area contributed by atoms with Crippen molar-refractivity contribution >= 4 is 21.6 Å². The van der Waals surface area contributed by atoms with Gasteiger partial charge >= 0.3 is 0 Å². The quantitative estimate of drug-likeness (QED) is 0.758. The number of hydrogen-bond donors (Lipinski definition) is 1. The van der Waals surface area contributed by atoms with Crippen LogP contribution in [0.5, 0.6) is 11.5 Å². The minimum absolute atomic E-state index is 0.305. The van der Waals surface area contributed by atoms with Gasteiger partial charge in [-0.15, -0.1) is 0 Å². The molecule has 0 saturated heterocycles. The van der Waals surface area contributed by atoms with Gasteiger partial charge in [-0.1, -0.05) is 18.2 Å². The van der Waals surface area contributed by atoms with Gasteiger partial charge in [-0.25, -0.2) is 8.42 Å². The number of carbonyl (C=O) groups is 1. The summed E-state index contributed by atoms with van der Waals surface area (Å²) in [5, 5.41) is 2.99. The van der Waals surface area contributed by atoms with Crippen molar-refractivity contribution in [2.45, 2.75) is 38.8 Å². The number of sulfonamides is 1. The van der Waals surface area contributed by atoms with E-state index in [1.54, 1.807) is 19.2 Å². The predicted octanol–water partition coefficient (Wildman–Crippen LogP) is 3.19. The second-order valence-corrected chi connectivity index (χ2v) is 10.1. The fraction of sp³-hybridized carbons (Fsp3) is 0.409. The molecule has 0 unspecified atom stereocenters. The summed E-state index contributed by atoms with van der Waals surface area (Å²) in [6, 6.07) is 12.2. The van der Waals surface area contributed by atoms with Crippen LogP contribution in [-0.2, 0) is 14.8 Å². The van der Waals surface area contributed by atoms with Crippen molar-refractivity contribution in [2.75, 3.05) is 24.2 Å². The lowest BCUT2D eigenvalue weighted by molar-refractivity contribution is -0.120. The van der Waals surface area contributed by atoms with Crippen molar-refractivity contribution in [1.29, 1.82) is 0 Å². The van der Waals surface area contributed by atoms with Gasteiger partial charge in [0.05, 0.1) is 25.1 Å². The van der Waals surface area contributed by atoms with E-state index in [0.717, 1.165) is 21.7 Å². The Balaban J connectivity index is 1.87. The van der Waals surface area contributed by atoms with E-state index in [1.807, 2.05) is 51.1 Å². The predicted molar refractivity (Wildman–Crippen MR) is 117 cm³/mol. The molecule has 0 aliphatic carbocycles. The average Bonchev–Trinajstić information content (AvgIpc) is 2.65. The number of carbonyl (C=O) groups excluding carboxylic acids is 1. The van der Waals surface area contributed by atoms with Crippen molar-refractivity contribution < 1.29 is 22.7 Å². The number of anilines is 1. The third-order valence-corrected chi connectivity index (χ3v) is 6.21. The molecule has 0 bridgehead atoms. The Morgan fingerprint density at radius 1 is 1.27 bits per heavy atom. The lowest BCUT2D eigenvalue weighted by Gasteiger charge is -2.38. The Morgan fingerprint density at radius 3 is 2.60 bits per heavy atom. The molecule has 0 radical (unpaired) electrons. The smallest absolute Gasteiger partial charge is 0.241 e. The maximum atomic E-state index is 12.9. The first-order chi connectivity index (χ1) is 14.0. The van der Waals surface area contributed by atoms with Gasteiger partial charge in [0.1, 0.15) is 23.6 Å². The molecule has 1 amide bonds. The Labute approximate surface area is 178 Å². The van der Waals surface area contributed by atoms with Crippen LogP contribution >= 0.6 is 0 Å². The number of methoxy groups -OCH3 is 1. The third kappa shape index (κ3) is 4.87. The van der Waals surface area contributed by atoms with Crippen LogP contribution < -0.4 is 19.1 Å². The van der Waals surface area contributed by atoms with E-state index in [-0.39, 0.29) is 18.5 Å². The molecule has 0 saturated carbocycles. The SMILES string of the molecule is COc1ccc2c(c1)[C@H](NC(=O)CN(c1ccccc1C)S(C)(=O)=O)CC(C)(C)O2. The van der Waals surface area contributed by atoms with E-state index in [0.29, 0.717) is 23.6 Å². The van der Waals surface area contributed by atoms with Crippen molar-refractivity contribution in [1.82, 2.24) is 5.32 Å². The minimum Gasteiger partial charge on any atom is -0.497 e. The Morgan fingerprint density at radius 2 is 1.97 bits per heavy atom. The normalized spacial score (nSPS) is 17.4. The Hall–Kier alpha value is -2.74. The van der Waals surface area contributed by atoms with Crippen LogP contribution in [0.25, 0.3) is 0 Å². The van der Waals surface area contributed by atoms with Gasteiger partial charge in [-0.2, -0.15) is 0 Å². The highest BCUT2D eigenvalue weighted by Crippen LogP contribution is 2.41. The molecular formula is C22H28N2O5S. The number of hydrogen-bond acceptors (Lipinski definition) is 5. The largest absolute Gasteiger partial charge is 0.497 e. The number of fused-ring (bicyclic) bond motifs is 1. The summed E-state index contributed by atoms with van der Waals surface area (Å²) in [5.74, 6) is 0.949. The molecule has 1 atom stereocenters. The standard InChI is InChI=1S/C22H28N2O5S/c1-15-8-6-7-9-19(15)24(30(5,26)27)14-21(25)23-18-13-22(2,3)29-20-11-10-16(28-4)12-17(18)20/h6-12,18H,13-14H2,1-5H3,(H,23,25)/t18-/m1/s1. The zero-order valence-electron chi connectivity index (χ0n) is 17.9. The highest BCUT2D eigenvalue weighted by Gasteiger charge is 2.35. The number of aryl methyl sites for hydroxylation is 1. The van der Waals surface area contributed by atoms with Gasteiger partial charge in [0.15, 0.2) is 0 Å². The molecule has 2 aromatic carbocycles. The van der Waals surface area contributed by atoms with E-state index in [1.165, 1.54) is 0 Å². The molecule has 1 aliphatic rings. The summed E-state index contributed by atoms with van der Waals surface area (Å²) in [6.07, 6.45) is 1.65. The van der Waals surface area contributed by atoms with Crippen LogP contribution in [0, 0.1) is 6.92 Å². The van der Waals surface area contributed by atoms with Gasteiger partial charge in [0, 0.05) is 12.0 Å². The number of benzene rings is 2. The van der Waals surface area contributed by atoms with Crippen molar-refractivity contribution in [3.63, 3.8) is 0 Å². The van der Waals surface area contributed by atoms with Crippen LogP contribution in [-0.4, -0.2) is 39.8 Å². The molecule has 0 fully saturated rings. The molecule has 0 spiro atoms. The van der Waals surface area contributed by atoms with E-state index in [9.17, 15) is 13.2 Å². The van der Waals surface area contributed by atoms with Crippen molar-refractivity contribution in [3.8, 4) is 11.5 Å². The average molecular weight is 433 g/mol. The Kier molecular flexibility index (Phi) is 5.99. The van der Waals surface area contributed by atoms with E-state index >= 15 is 0 Å². The van der Waals surface area contributed by atoms with Crippen LogP contribution in [0.15, 0.2) is 42.5 Å². The third-order valence-electron chi connectivity index (χ3n) is 5.08. The van der Waals surface area contributed by atoms with E-state index in [4.69, 9.17) is 9.47 Å². The molecule has 162 valence electrons. The highest BCUT2D eigenvalue weighted by atomic mass is 32.2. The Bertz CT molecular complexity index is 1050. The molecule has 1 heterocycles. The fourth-order valence-electron chi connectivity index (χ4n) is 3.68. The van der Waals surface area contributed by atoms with Gasteiger partial charge in [-0.3, -0.25) is 9.10 Å².